The molecule has 3 rings (SSSR count). The molecule has 0 aromatic heterocycles. The van der Waals surface area contributed by atoms with Crippen molar-refractivity contribution in [2.45, 2.75) is 48.5 Å². The molecule has 32 heavy (non-hydrogen) atoms. The molecule has 3 nitrogen and oxygen atoms in total. The van der Waals surface area contributed by atoms with E-state index in [0.29, 0.717) is 5.75 Å². The van der Waals surface area contributed by atoms with Crippen molar-refractivity contribution >= 4 is 11.4 Å². The van der Waals surface area contributed by atoms with Crippen LogP contribution in [0, 0.1) is 20.8 Å². The summed E-state index contributed by atoms with van der Waals surface area (Å²) in [5.74, 6) is 0.330. The van der Waals surface area contributed by atoms with Crippen LogP contribution in [0.5, 0.6) is 5.75 Å². The fourth-order valence-corrected chi connectivity index (χ4v) is 4.74. The number of rotatable bonds is 8. The number of aryl methyl sites for hydroxylation is 3. The summed E-state index contributed by atoms with van der Waals surface area (Å²) in [6.45, 7) is 19.1. The van der Waals surface area contributed by atoms with Gasteiger partial charge < -0.3 is 14.9 Å². The molecule has 0 aliphatic carbocycles. The average Bonchev–Trinajstić information content (AvgIpc) is 2.78. The summed E-state index contributed by atoms with van der Waals surface area (Å²) in [6.07, 6.45) is 0. The van der Waals surface area contributed by atoms with Gasteiger partial charge in [0, 0.05) is 43.1 Å². The molecule has 170 valence electrons. The van der Waals surface area contributed by atoms with Crippen molar-refractivity contribution in [2.24, 2.45) is 0 Å². The van der Waals surface area contributed by atoms with E-state index in [1.54, 1.807) is 0 Å². The number of benzene rings is 3. The Bertz CT molecular complexity index is 992. The van der Waals surface area contributed by atoms with Crippen LogP contribution in [0.15, 0.2) is 48.5 Å². The van der Waals surface area contributed by atoms with Crippen LogP contribution in [0.25, 0.3) is 22.3 Å². The Balaban J connectivity index is 2.19. The Hall–Kier alpha value is -2.94. The van der Waals surface area contributed by atoms with Gasteiger partial charge in [0.05, 0.1) is 0 Å². The first kappa shape index (κ1) is 23.7. The zero-order valence-corrected chi connectivity index (χ0v) is 20.8. The van der Waals surface area contributed by atoms with Gasteiger partial charge in [-0.25, -0.2) is 0 Å². The Morgan fingerprint density at radius 3 is 1.41 bits per heavy atom. The van der Waals surface area contributed by atoms with Crippen LogP contribution in [-0.4, -0.2) is 31.3 Å². The second kappa shape index (κ2) is 10.1. The van der Waals surface area contributed by atoms with Crippen LogP contribution < -0.4 is 9.80 Å². The van der Waals surface area contributed by atoms with Crippen LogP contribution in [0.1, 0.15) is 44.4 Å². The summed E-state index contributed by atoms with van der Waals surface area (Å²) >= 11 is 0. The maximum Gasteiger partial charge on any atom is 0.124 e. The largest absolute Gasteiger partial charge is 0.507 e. The van der Waals surface area contributed by atoms with Gasteiger partial charge >= 0.3 is 0 Å². The first-order valence-corrected chi connectivity index (χ1v) is 11.9. The van der Waals surface area contributed by atoms with Crippen molar-refractivity contribution in [1.29, 1.82) is 0 Å². The Kier molecular flexibility index (Phi) is 7.50. The molecule has 0 atom stereocenters. The summed E-state index contributed by atoms with van der Waals surface area (Å²) in [4.78, 5) is 4.72. The smallest absolute Gasteiger partial charge is 0.124 e. The van der Waals surface area contributed by atoms with Crippen molar-refractivity contribution in [1.82, 2.24) is 0 Å². The van der Waals surface area contributed by atoms with E-state index in [4.69, 9.17) is 0 Å². The summed E-state index contributed by atoms with van der Waals surface area (Å²) in [6, 6.07) is 17.1. The molecule has 0 radical (unpaired) electrons. The average molecular weight is 431 g/mol. The van der Waals surface area contributed by atoms with E-state index in [1.807, 2.05) is 12.1 Å². The second-order valence-corrected chi connectivity index (χ2v) is 8.49. The SMILES string of the molecule is CCN(CC)c1ccc(-c2c(C)ccc(O)c2-c2ccc(N(CC)CC)cc2C)c(C)c1. The van der Waals surface area contributed by atoms with E-state index >= 15 is 0 Å². The van der Waals surface area contributed by atoms with Gasteiger partial charge in [-0.3, -0.25) is 0 Å². The Morgan fingerprint density at radius 2 is 1.00 bits per heavy atom. The quantitative estimate of drug-likeness (QED) is 0.405. The lowest BCUT2D eigenvalue weighted by Gasteiger charge is -2.24. The molecule has 0 bridgehead atoms. The molecular formula is C29H38N2O. The molecule has 3 aromatic rings. The van der Waals surface area contributed by atoms with Crippen LogP contribution in [-0.2, 0) is 0 Å². The highest BCUT2D eigenvalue weighted by Gasteiger charge is 2.19. The molecule has 0 heterocycles. The van der Waals surface area contributed by atoms with E-state index in [2.05, 4.69) is 94.7 Å². The summed E-state index contributed by atoms with van der Waals surface area (Å²) in [5.41, 5.74) is 10.3. The minimum Gasteiger partial charge on any atom is -0.507 e. The van der Waals surface area contributed by atoms with Crippen molar-refractivity contribution in [3.05, 3.63) is 65.2 Å². The lowest BCUT2D eigenvalue weighted by molar-refractivity contribution is 0.477. The fourth-order valence-electron chi connectivity index (χ4n) is 4.74. The second-order valence-electron chi connectivity index (χ2n) is 8.49. The van der Waals surface area contributed by atoms with Gasteiger partial charge in [0.25, 0.3) is 0 Å². The Morgan fingerprint density at radius 1 is 0.562 bits per heavy atom. The lowest BCUT2D eigenvalue weighted by atomic mass is 9.86. The monoisotopic (exact) mass is 430 g/mol. The normalized spacial score (nSPS) is 11.0. The van der Waals surface area contributed by atoms with Gasteiger partial charge in [-0.2, -0.15) is 0 Å². The predicted molar refractivity (Wildman–Crippen MR) is 140 cm³/mol. The third kappa shape index (κ3) is 4.48. The number of anilines is 2. The molecule has 3 heteroatoms. The highest BCUT2D eigenvalue weighted by atomic mass is 16.3. The van der Waals surface area contributed by atoms with Crippen LogP contribution in [0.2, 0.25) is 0 Å². The minimum absolute atomic E-state index is 0.330. The van der Waals surface area contributed by atoms with Crippen LogP contribution in [0.3, 0.4) is 0 Å². The number of phenolic OH excluding ortho intramolecular Hbond substituents is 1. The summed E-state index contributed by atoms with van der Waals surface area (Å²) in [5, 5.41) is 11.0. The van der Waals surface area contributed by atoms with E-state index in [1.165, 1.54) is 33.6 Å². The van der Waals surface area contributed by atoms with Gasteiger partial charge in [-0.15, -0.1) is 0 Å². The van der Waals surface area contributed by atoms with E-state index in [-0.39, 0.29) is 0 Å². The molecular weight excluding hydrogens is 392 g/mol. The first-order valence-electron chi connectivity index (χ1n) is 11.9. The van der Waals surface area contributed by atoms with Crippen molar-refractivity contribution in [3.8, 4) is 28.0 Å². The maximum atomic E-state index is 11.0. The van der Waals surface area contributed by atoms with E-state index < -0.39 is 0 Å². The van der Waals surface area contributed by atoms with Crippen molar-refractivity contribution < 1.29 is 5.11 Å². The van der Waals surface area contributed by atoms with E-state index in [0.717, 1.165) is 42.9 Å². The van der Waals surface area contributed by atoms with Gasteiger partial charge in [0.15, 0.2) is 0 Å². The van der Waals surface area contributed by atoms with Gasteiger partial charge in [-0.1, -0.05) is 18.2 Å². The molecule has 0 unspecified atom stereocenters. The van der Waals surface area contributed by atoms with E-state index in [9.17, 15) is 5.11 Å². The van der Waals surface area contributed by atoms with Crippen LogP contribution >= 0.6 is 0 Å². The zero-order chi connectivity index (χ0) is 23.4. The molecule has 0 saturated heterocycles. The number of phenols is 1. The molecule has 1 N–H and O–H groups in total. The van der Waals surface area contributed by atoms with Crippen LogP contribution in [0.4, 0.5) is 11.4 Å². The highest BCUT2D eigenvalue weighted by molar-refractivity contribution is 5.92. The van der Waals surface area contributed by atoms with Gasteiger partial charge in [-0.05, 0) is 112 Å². The lowest BCUT2D eigenvalue weighted by Crippen LogP contribution is -2.21. The fraction of sp³-hybridized carbons (Fsp3) is 0.379. The molecule has 0 amide bonds. The van der Waals surface area contributed by atoms with Gasteiger partial charge in [0.2, 0.25) is 0 Å². The highest BCUT2D eigenvalue weighted by Crippen LogP contribution is 2.44. The zero-order valence-electron chi connectivity index (χ0n) is 20.8. The molecule has 0 aliphatic heterocycles. The Labute approximate surface area is 194 Å². The molecule has 3 aromatic carbocycles. The standard InChI is InChI=1S/C29H38N2O/c1-8-30(9-2)23-13-15-25(21(6)18-23)28-20(5)12-17-27(32)29(28)26-16-14-24(19-22(26)7)31(10-3)11-4/h12-19,32H,8-11H2,1-7H3. The number of hydrogen-bond donors (Lipinski definition) is 1. The summed E-state index contributed by atoms with van der Waals surface area (Å²) < 4.78 is 0. The maximum absolute atomic E-state index is 11.0. The van der Waals surface area contributed by atoms with Crippen molar-refractivity contribution in [2.75, 3.05) is 36.0 Å². The third-order valence-corrected chi connectivity index (χ3v) is 6.61. The third-order valence-electron chi connectivity index (χ3n) is 6.61. The molecule has 0 aliphatic rings. The number of hydrogen-bond acceptors (Lipinski definition) is 3. The minimum atomic E-state index is 0.330. The molecule has 0 fully saturated rings. The predicted octanol–water partition coefficient (Wildman–Crippen LogP) is 7.34. The van der Waals surface area contributed by atoms with Gasteiger partial charge in [0.1, 0.15) is 5.75 Å². The topological polar surface area (TPSA) is 26.7 Å². The molecule has 0 spiro atoms. The first-order chi connectivity index (χ1) is 15.4. The number of aromatic hydroxyl groups is 1. The number of nitrogens with zero attached hydrogens (tertiary/aromatic N) is 2. The summed E-state index contributed by atoms with van der Waals surface area (Å²) in [7, 11) is 0. The van der Waals surface area contributed by atoms with Crippen molar-refractivity contribution in [3.63, 3.8) is 0 Å². The molecule has 0 saturated carbocycles.